The van der Waals surface area contributed by atoms with Crippen molar-refractivity contribution in [1.82, 2.24) is 0 Å². The molecular weight excluding hydrogens is 340 g/mol. The van der Waals surface area contributed by atoms with Gasteiger partial charge in [0.25, 0.3) is 0 Å². The van der Waals surface area contributed by atoms with Gasteiger partial charge in [-0.3, -0.25) is 4.79 Å². The van der Waals surface area contributed by atoms with E-state index in [0.29, 0.717) is 6.42 Å². The lowest BCUT2D eigenvalue weighted by Gasteiger charge is -2.43. The van der Waals surface area contributed by atoms with Crippen LogP contribution in [-0.2, 0) is 15.7 Å². The van der Waals surface area contributed by atoms with Crippen LogP contribution in [0.1, 0.15) is 86.5 Å². The van der Waals surface area contributed by atoms with Crippen molar-refractivity contribution in [2.75, 3.05) is 5.75 Å². The predicted octanol–water partition coefficient (Wildman–Crippen LogP) is 6.00. The molecule has 6 unspecified atom stereocenters. The Kier molecular flexibility index (Phi) is 8.37. The van der Waals surface area contributed by atoms with Crippen molar-refractivity contribution in [3.63, 3.8) is 0 Å². The minimum Gasteiger partial charge on any atom is -0.481 e. The van der Waals surface area contributed by atoms with Crippen LogP contribution in [0.4, 0.5) is 0 Å². The zero-order valence-electron chi connectivity index (χ0n) is 18.0. The Hall–Kier alpha value is -0.180. The second kappa shape index (κ2) is 9.85. The van der Waals surface area contributed by atoms with E-state index >= 15 is 0 Å². The smallest absolute Gasteiger partial charge is 0.308 e. The maximum absolute atomic E-state index is 11.4. The Morgan fingerprint density at radius 3 is 1.65 bits per heavy atom. The molecule has 2 rings (SSSR count). The third kappa shape index (κ3) is 5.66. The zero-order valence-corrected chi connectivity index (χ0v) is 18.9. The molecule has 2 aliphatic rings. The molecule has 0 aromatic carbocycles. The topological polar surface area (TPSA) is 37.3 Å². The van der Waals surface area contributed by atoms with Gasteiger partial charge >= 0.3 is 5.97 Å². The van der Waals surface area contributed by atoms with Crippen LogP contribution in [0.25, 0.3) is 0 Å². The van der Waals surface area contributed by atoms with Gasteiger partial charge < -0.3 is 5.11 Å². The van der Waals surface area contributed by atoms with Crippen molar-refractivity contribution < 1.29 is 9.90 Å². The summed E-state index contributed by atoms with van der Waals surface area (Å²) in [4.78, 5) is 11.4. The first-order chi connectivity index (χ1) is 12.2. The first kappa shape index (κ1) is 22.1. The molecule has 0 radical (unpaired) electrons. The summed E-state index contributed by atoms with van der Waals surface area (Å²) in [7, 11) is 0.259. The van der Waals surface area contributed by atoms with Crippen LogP contribution in [0.3, 0.4) is 0 Å². The molecule has 152 valence electrons. The van der Waals surface area contributed by atoms with Gasteiger partial charge in [0.05, 0.1) is 6.42 Å². The monoisotopic (exact) mass is 383 g/mol. The Labute approximate surface area is 165 Å². The van der Waals surface area contributed by atoms with E-state index in [9.17, 15) is 9.90 Å². The van der Waals surface area contributed by atoms with E-state index < -0.39 is 5.97 Å². The molecule has 0 aliphatic heterocycles. The average Bonchev–Trinajstić information content (AvgIpc) is 2.54. The van der Waals surface area contributed by atoms with E-state index in [2.05, 4.69) is 41.5 Å². The molecule has 0 saturated heterocycles. The number of carboxylic acids is 1. The fourth-order valence-electron chi connectivity index (χ4n) is 5.66. The van der Waals surface area contributed by atoms with Gasteiger partial charge in [-0.15, -0.1) is 0 Å². The predicted molar refractivity (Wildman–Crippen MR) is 115 cm³/mol. The van der Waals surface area contributed by atoms with Crippen molar-refractivity contribution >= 4 is 16.9 Å². The second-order valence-corrected chi connectivity index (χ2v) is 12.6. The highest BCUT2D eigenvalue weighted by Gasteiger charge is 2.50. The standard InChI is InChI=1S/C23H42O2S/c1-15(2)19-9-7-17(5)13-21(19)26(12-11-23(24)25)22-14-18(6)8-10-20(22)16(3)4/h15-22H,7-14H2,1-6H3/p+1. The van der Waals surface area contributed by atoms with Crippen LogP contribution in [0.2, 0.25) is 0 Å². The van der Waals surface area contributed by atoms with Gasteiger partial charge in [-0.25, -0.2) is 0 Å². The highest BCUT2D eigenvalue weighted by Crippen LogP contribution is 2.45. The van der Waals surface area contributed by atoms with Crippen LogP contribution in [-0.4, -0.2) is 27.3 Å². The molecule has 0 spiro atoms. The van der Waals surface area contributed by atoms with E-state index in [1.165, 1.54) is 38.5 Å². The quantitative estimate of drug-likeness (QED) is 0.547. The van der Waals surface area contributed by atoms with Crippen LogP contribution in [0.15, 0.2) is 0 Å². The van der Waals surface area contributed by atoms with Crippen LogP contribution < -0.4 is 0 Å². The van der Waals surface area contributed by atoms with Crippen LogP contribution in [0.5, 0.6) is 0 Å². The molecule has 6 atom stereocenters. The number of carboxylic acid groups (broad SMARTS) is 1. The first-order valence-electron chi connectivity index (χ1n) is 11.1. The summed E-state index contributed by atoms with van der Waals surface area (Å²) in [5.74, 6) is 5.01. The number of hydrogen-bond donors (Lipinski definition) is 1. The number of hydrogen-bond acceptors (Lipinski definition) is 1. The van der Waals surface area contributed by atoms with E-state index in [0.717, 1.165) is 51.8 Å². The minimum absolute atomic E-state index is 0.259. The summed E-state index contributed by atoms with van der Waals surface area (Å²) in [6.07, 6.45) is 8.48. The summed E-state index contributed by atoms with van der Waals surface area (Å²) in [5, 5.41) is 10.9. The molecule has 0 heterocycles. The maximum Gasteiger partial charge on any atom is 0.308 e. The number of carbonyl (C=O) groups is 1. The minimum atomic E-state index is -0.600. The van der Waals surface area contributed by atoms with Gasteiger partial charge in [-0.1, -0.05) is 54.4 Å². The fourth-order valence-corrected chi connectivity index (χ4v) is 10.1. The zero-order chi connectivity index (χ0) is 19.4. The molecule has 0 bridgehead atoms. The third-order valence-corrected chi connectivity index (χ3v) is 10.6. The summed E-state index contributed by atoms with van der Waals surface area (Å²) in [6.45, 7) is 14.4. The number of aliphatic carboxylic acids is 1. The fraction of sp³-hybridized carbons (Fsp3) is 0.957. The first-order valence-corrected chi connectivity index (χ1v) is 12.6. The molecule has 2 nitrogen and oxygen atoms in total. The van der Waals surface area contributed by atoms with Gasteiger partial charge in [0.2, 0.25) is 0 Å². The lowest BCUT2D eigenvalue weighted by atomic mass is 9.76. The third-order valence-electron chi connectivity index (χ3n) is 7.25. The van der Waals surface area contributed by atoms with E-state index in [1.54, 1.807) is 0 Å². The van der Waals surface area contributed by atoms with Gasteiger partial charge in [-0.05, 0) is 60.2 Å². The Morgan fingerprint density at radius 1 is 0.885 bits per heavy atom. The lowest BCUT2D eigenvalue weighted by Crippen LogP contribution is -2.49. The highest BCUT2D eigenvalue weighted by atomic mass is 32.2. The van der Waals surface area contributed by atoms with Gasteiger partial charge in [-0.2, -0.15) is 0 Å². The molecular formula is C23H43O2S+. The summed E-state index contributed by atoms with van der Waals surface area (Å²) in [6, 6.07) is 0. The molecule has 1 N–H and O–H groups in total. The van der Waals surface area contributed by atoms with E-state index in [-0.39, 0.29) is 10.9 Å². The molecule has 3 heteroatoms. The lowest BCUT2D eigenvalue weighted by molar-refractivity contribution is -0.136. The normalized spacial score (nSPS) is 37.1. The van der Waals surface area contributed by atoms with Crippen molar-refractivity contribution in [3.8, 4) is 0 Å². The van der Waals surface area contributed by atoms with Crippen LogP contribution >= 0.6 is 0 Å². The van der Waals surface area contributed by atoms with Crippen molar-refractivity contribution in [3.05, 3.63) is 0 Å². The van der Waals surface area contributed by atoms with Gasteiger partial charge in [0.15, 0.2) is 0 Å². The molecule has 2 fully saturated rings. The molecule has 26 heavy (non-hydrogen) atoms. The van der Waals surface area contributed by atoms with Crippen molar-refractivity contribution in [2.45, 2.75) is 97.0 Å². The maximum atomic E-state index is 11.4. The molecule has 0 amide bonds. The highest BCUT2D eigenvalue weighted by molar-refractivity contribution is 7.98. The van der Waals surface area contributed by atoms with Gasteiger partial charge in [0, 0.05) is 11.8 Å². The average molecular weight is 384 g/mol. The molecule has 0 aromatic heterocycles. The molecule has 0 aromatic rings. The van der Waals surface area contributed by atoms with Crippen molar-refractivity contribution in [1.29, 1.82) is 0 Å². The summed E-state index contributed by atoms with van der Waals surface area (Å²) in [5.41, 5.74) is 0. The van der Waals surface area contributed by atoms with E-state index in [4.69, 9.17) is 0 Å². The summed E-state index contributed by atoms with van der Waals surface area (Å²) >= 11 is 0. The van der Waals surface area contributed by atoms with Crippen molar-refractivity contribution in [2.24, 2.45) is 35.5 Å². The molecule has 2 saturated carbocycles. The Balaban J connectivity index is 2.31. The Bertz CT molecular complexity index is 415. The number of rotatable bonds is 7. The SMILES string of the molecule is CC1CCC(C(C)C)C([S+](CCC(=O)O)C2CC(C)CCC2C(C)C)C1. The Morgan fingerprint density at radius 2 is 1.31 bits per heavy atom. The second-order valence-electron chi connectivity index (χ2n) is 10.0. The van der Waals surface area contributed by atoms with Crippen LogP contribution in [0, 0.1) is 35.5 Å². The molecule has 2 aliphatic carbocycles. The summed E-state index contributed by atoms with van der Waals surface area (Å²) < 4.78 is 0. The van der Waals surface area contributed by atoms with E-state index in [1.807, 2.05) is 0 Å². The largest absolute Gasteiger partial charge is 0.481 e. The van der Waals surface area contributed by atoms with Gasteiger partial charge in [0.1, 0.15) is 16.3 Å².